The Morgan fingerprint density at radius 2 is 1.68 bits per heavy atom. The number of carbonyl (C=O) groups excluding carboxylic acids is 1. The molecule has 1 amide bonds. The van der Waals surface area contributed by atoms with Crippen LogP contribution in [0.2, 0.25) is 0 Å². The highest BCUT2D eigenvalue weighted by atomic mass is 32.2. The van der Waals surface area contributed by atoms with Gasteiger partial charge in [0.15, 0.2) is 0 Å². The van der Waals surface area contributed by atoms with Gasteiger partial charge < -0.3 is 0 Å². The Labute approximate surface area is 225 Å². The lowest BCUT2D eigenvalue weighted by Crippen LogP contribution is -2.32. The molecule has 1 aromatic heterocycles. The molecule has 4 aromatic rings. The molecule has 196 valence electrons. The van der Waals surface area contributed by atoms with Crippen LogP contribution < -0.4 is 5.01 Å². The molecule has 0 saturated carbocycles. The van der Waals surface area contributed by atoms with E-state index >= 15 is 0 Å². The Kier molecular flexibility index (Phi) is 7.64. The van der Waals surface area contributed by atoms with Crippen LogP contribution in [0.3, 0.4) is 0 Å². The van der Waals surface area contributed by atoms with Gasteiger partial charge in [0.2, 0.25) is 15.2 Å². The number of carbonyl (C=O) groups is 1. The molecule has 1 aliphatic heterocycles. The highest BCUT2D eigenvalue weighted by Gasteiger charge is 2.26. The van der Waals surface area contributed by atoms with Crippen LogP contribution in [0.5, 0.6) is 0 Å². The third-order valence-corrected chi connectivity index (χ3v) is 9.32. The minimum atomic E-state index is -3.64. The van der Waals surface area contributed by atoms with E-state index in [-0.39, 0.29) is 15.6 Å². The molecule has 1 saturated heterocycles. The molecule has 38 heavy (non-hydrogen) atoms. The maximum atomic E-state index is 13.8. The molecule has 10 heteroatoms. The molecule has 7 nitrogen and oxygen atoms in total. The molecular weight excluding hydrogens is 523 g/mol. The average Bonchev–Trinajstić information content (AvgIpc) is 3.12. The third kappa shape index (κ3) is 5.67. The summed E-state index contributed by atoms with van der Waals surface area (Å²) in [6.45, 7) is 2.99. The maximum absolute atomic E-state index is 13.8. The lowest BCUT2D eigenvalue weighted by atomic mass is 10.2. The van der Waals surface area contributed by atoms with E-state index in [1.54, 1.807) is 12.3 Å². The smallest absolute Gasteiger partial charge is 0.267 e. The van der Waals surface area contributed by atoms with E-state index in [0.29, 0.717) is 23.3 Å². The number of anilines is 1. The molecule has 0 bridgehead atoms. The van der Waals surface area contributed by atoms with E-state index in [4.69, 9.17) is 0 Å². The molecule has 1 aliphatic rings. The molecular formula is C28H27FN4O3S2. The molecule has 0 N–H and O–H groups in total. The standard InChI is InChI=1S/C28H27FN4O3S2/c1-20-6-8-21(9-7-20)19-30-33(28-31-25-15-12-23(29)18-26(25)37-28)27(34)22-10-13-24(14-11-22)38(35,36)32-16-4-2-3-5-17-32/h6-15,18-19H,2-5,16-17H2,1H3/b30-19+. The fourth-order valence-electron chi connectivity index (χ4n) is 4.27. The summed E-state index contributed by atoms with van der Waals surface area (Å²) in [6.07, 6.45) is 5.29. The van der Waals surface area contributed by atoms with Gasteiger partial charge >= 0.3 is 0 Å². The minimum Gasteiger partial charge on any atom is -0.267 e. The summed E-state index contributed by atoms with van der Waals surface area (Å²) in [5, 5.41) is 5.87. The lowest BCUT2D eigenvalue weighted by Gasteiger charge is -2.20. The lowest BCUT2D eigenvalue weighted by molar-refractivity contribution is 0.0987. The van der Waals surface area contributed by atoms with Crippen molar-refractivity contribution < 1.29 is 17.6 Å². The maximum Gasteiger partial charge on any atom is 0.280 e. The first-order chi connectivity index (χ1) is 18.3. The zero-order valence-corrected chi connectivity index (χ0v) is 22.5. The van der Waals surface area contributed by atoms with Gasteiger partial charge in [0, 0.05) is 18.7 Å². The molecule has 3 aromatic carbocycles. The Bertz CT molecular complexity index is 1570. The van der Waals surface area contributed by atoms with Crippen molar-refractivity contribution in [2.24, 2.45) is 5.10 Å². The van der Waals surface area contributed by atoms with E-state index in [0.717, 1.165) is 48.1 Å². The predicted octanol–water partition coefficient (Wildman–Crippen LogP) is 5.99. The van der Waals surface area contributed by atoms with Crippen LogP contribution in [0.15, 0.2) is 76.7 Å². The van der Waals surface area contributed by atoms with Gasteiger partial charge in [-0.05, 0) is 67.8 Å². The summed E-state index contributed by atoms with van der Waals surface area (Å²) in [4.78, 5) is 18.3. The first-order valence-corrected chi connectivity index (χ1v) is 14.7. The Morgan fingerprint density at radius 3 is 2.37 bits per heavy atom. The number of hydrogen-bond donors (Lipinski definition) is 0. The van der Waals surface area contributed by atoms with Crippen LogP contribution in [-0.4, -0.2) is 42.9 Å². The summed E-state index contributed by atoms with van der Waals surface area (Å²) in [5.41, 5.74) is 2.69. The van der Waals surface area contributed by atoms with Gasteiger partial charge in [-0.3, -0.25) is 4.79 Å². The van der Waals surface area contributed by atoms with Gasteiger partial charge in [0.1, 0.15) is 5.82 Å². The average molecular weight is 551 g/mol. The largest absolute Gasteiger partial charge is 0.280 e. The second-order valence-electron chi connectivity index (χ2n) is 9.22. The topological polar surface area (TPSA) is 82.9 Å². The van der Waals surface area contributed by atoms with E-state index < -0.39 is 21.7 Å². The van der Waals surface area contributed by atoms with E-state index in [1.165, 1.54) is 45.7 Å². The first kappa shape index (κ1) is 26.1. The van der Waals surface area contributed by atoms with Crippen LogP contribution in [0.1, 0.15) is 47.2 Å². The van der Waals surface area contributed by atoms with Crippen molar-refractivity contribution in [3.8, 4) is 0 Å². The number of halogens is 1. The number of aryl methyl sites for hydroxylation is 1. The fourth-order valence-corrected chi connectivity index (χ4v) is 6.73. The first-order valence-electron chi connectivity index (χ1n) is 12.4. The molecule has 0 spiro atoms. The summed E-state index contributed by atoms with van der Waals surface area (Å²) in [5.74, 6) is -0.874. The molecule has 0 radical (unpaired) electrons. The summed E-state index contributed by atoms with van der Waals surface area (Å²) in [7, 11) is -3.64. The Morgan fingerprint density at radius 1 is 1.00 bits per heavy atom. The fraction of sp³-hybridized carbons (Fsp3) is 0.250. The number of amides is 1. The van der Waals surface area contributed by atoms with Crippen molar-refractivity contribution >= 4 is 48.8 Å². The number of fused-ring (bicyclic) bond motifs is 1. The SMILES string of the molecule is Cc1ccc(/C=N/N(C(=O)c2ccc(S(=O)(=O)N3CCCCCC3)cc2)c2nc3ccc(F)cc3s2)cc1. The van der Waals surface area contributed by atoms with Crippen molar-refractivity contribution in [3.05, 3.63) is 89.2 Å². The highest BCUT2D eigenvalue weighted by Crippen LogP contribution is 2.31. The molecule has 5 rings (SSSR count). The molecule has 2 heterocycles. The normalized spacial score (nSPS) is 15.1. The number of benzene rings is 3. The summed E-state index contributed by atoms with van der Waals surface area (Å²) < 4.78 is 42.2. The number of sulfonamides is 1. The predicted molar refractivity (Wildman–Crippen MR) is 149 cm³/mol. The van der Waals surface area contributed by atoms with Gasteiger partial charge in [-0.1, -0.05) is 54.0 Å². The van der Waals surface area contributed by atoms with Crippen LogP contribution in [0.25, 0.3) is 10.2 Å². The minimum absolute atomic E-state index is 0.154. The van der Waals surface area contributed by atoms with E-state index in [1.807, 2.05) is 31.2 Å². The number of nitrogens with zero attached hydrogens (tertiary/aromatic N) is 4. The van der Waals surface area contributed by atoms with E-state index in [9.17, 15) is 17.6 Å². The molecule has 0 aliphatic carbocycles. The Hall–Kier alpha value is -3.47. The second kappa shape index (κ2) is 11.1. The summed E-state index contributed by atoms with van der Waals surface area (Å²) in [6, 6.07) is 17.8. The second-order valence-corrected chi connectivity index (χ2v) is 12.2. The van der Waals surface area contributed by atoms with Crippen molar-refractivity contribution in [1.29, 1.82) is 0 Å². The summed E-state index contributed by atoms with van der Waals surface area (Å²) >= 11 is 1.15. The van der Waals surface area contributed by atoms with Crippen LogP contribution >= 0.6 is 11.3 Å². The van der Waals surface area contributed by atoms with Crippen LogP contribution in [0.4, 0.5) is 9.52 Å². The van der Waals surface area contributed by atoms with Crippen molar-refractivity contribution in [2.45, 2.75) is 37.5 Å². The zero-order chi connectivity index (χ0) is 26.7. The number of hydrogen-bond acceptors (Lipinski definition) is 6. The Balaban J connectivity index is 1.46. The number of rotatable bonds is 6. The quantitative estimate of drug-likeness (QED) is 0.218. The molecule has 0 unspecified atom stereocenters. The van der Waals surface area contributed by atoms with Gasteiger partial charge in [0.25, 0.3) is 5.91 Å². The molecule has 1 fully saturated rings. The van der Waals surface area contributed by atoms with Gasteiger partial charge in [-0.25, -0.2) is 17.8 Å². The third-order valence-electron chi connectivity index (χ3n) is 6.42. The van der Waals surface area contributed by atoms with Crippen molar-refractivity contribution in [1.82, 2.24) is 9.29 Å². The van der Waals surface area contributed by atoms with Crippen LogP contribution in [0, 0.1) is 12.7 Å². The van der Waals surface area contributed by atoms with Gasteiger partial charge in [-0.2, -0.15) is 14.4 Å². The van der Waals surface area contributed by atoms with Crippen molar-refractivity contribution in [2.75, 3.05) is 18.1 Å². The van der Waals surface area contributed by atoms with E-state index in [2.05, 4.69) is 10.1 Å². The van der Waals surface area contributed by atoms with Crippen LogP contribution in [-0.2, 0) is 10.0 Å². The highest BCUT2D eigenvalue weighted by molar-refractivity contribution is 7.89. The van der Waals surface area contributed by atoms with Crippen molar-refractivity contribution in [3.63, 3.8) is 0 Å². The number of aromatic nitrogens is 1. The zero-order valence-electron chi connectivity index (χ0n) is 20.9. The number of thiazole rings is 1. The van der Waals surface area contributed by atoms with Gasteiger partial charge in [-0.15, -0.1) is 0 Å². The number of hydrazone groups is 1. The monoisotopic (exact) mass is 550 g/mol. The molecule has 0 atom stereocenters. The van der Waals surface area contributed by atoms with Gasteiger partial charge in [0.05, 0.1) is 21.3 Å².